The quantitative estimate of drug-likeness (QED) is 0.574. The van der Waals surface area contributed by atoms with Gasteiger partial charge in [0.25, 0.3) is 5.91 Å². The number of nitrogens with zero attached hydrogens (tertiary/aromatic N) is 4. The molecule has 8 nitrogen and oxygen atoms in total. The largest absolute Gasteiger partial charge is 0.508 e. The molecule has 1 fully saturated rings. The zero-order valence-corrected chi connectivity index (χ0v) is 17.7. The highest BCUT2D eigenvalue weighted by Crippen LogP contribution is 2.35. The van der Waals surface area contributed by atoms with Gasteiger partial charge in [-0.1, -0.05) is 19.1 Å². The van der Waals surface area contributed by atoms with Crippen molar-refractivity contribution in [3.63, 3.8) is 0 Å². The van der Waals surface area contributed by atoms with Gasteiger partial charge in [-0.3, -0.25) is 4.79 Å². The second-order valence-electron chi connectivity index (χ2n) is 8.13. The van der Waals surface area contributed by atoms with Gasteiger partial charge in [0, 0.05) is 30.4 Å². The Morgan fingerprint density at radius 1 is 1.03 bits per heavy atom. The Morgan fingerprint density at radius 3 is 2.42 bits per heavy atom. The summed E-state index contributed by atoms with van der Waals surface area (Å²) in [5.41, 5.74) is 2.63. The van der Waals surface area contributed by atoms with Crippen LogP contribution in [0.4, 0.5) is 11.5 Å². The molecule has 2 aromatic carbocycles. The molecule has 1 aromatic heterocycles. The van der Waals surface area contributed by atoms with Gasteiger partial charge in [-0.25, -0.2) is 0 Å². The molecular formula is C23H27N5O3. The van der Waals surface area contributed by atoms with Crippen LogP contribution >= 0.6 is 0 Å². The van der Waals surface area contributed by atoms with Crippen LogP contribution in [0, 0.1) is 0 Å². The van der Waals surface area contributed by atoms with Crippen molar-refractivity contribution in [2.45, 2.75) is 39.0 Å². The van der Waals surface area contributed by atoms with Crippen molar-refractivity contribution in [1.82, 2.24) is 15.0 Å². The van der Waals surface area contributed by atoms with E-state index in [1.807, 2.05) is 38.1 Å². The fourth-order valence-electron chi connectivity index (χ4n) is 3.88. The standard InChI is InChI=1S/C23H27N5O3/c1-15(2)18-12-19(21(30)13-20(18)29)28-22(14-24-26-28)25-23(31)16-6-8-17(9-7-16)27-10-4-3-5-11-27/h6-9,12-15,29-30H,3-5,10-11H2,1-2H3,(H,25,31). The van der Waals surface area contributed by atoms with Crippen LogP contribution in [0.25, 0.3) is 5.69 Å². The summed E-state index contributed by atoms with van der Waals surface area (Å²) in [6.45, 7) is 5.97. The number of aromatic hydroxyl groups is 2. The maximum absolute atomic E-state index is 12.8. The number of carbonyl (C=O) groups is 1. The van der Waals surface area contributed by atoms with Crippen LogP contribution in [0.2, 0.25) is 0 Å². The molecule has 1 saturated heterocycles. The summed E-state index contributed by atoms with van der Waals surface area (Å²) in [6.07, 6.45) is 5.08. The molecule has 0 atom stereocenters. The molecule has 1 amide bonds. The number of amides is 1. The number of nitrogens with one attached hydrogen (secondary N) is 1. The highest BCUT2D eigenvalue weighted by Gasteiger charge is 2.18. The van der Waals surface area contributed by atoms with E-state index >= 15 is 0 Å². The van der Waals surface area contributed by atoms with E-state index in [0.717, 1.165) is 18.8 Å². The third-order valence-electron chi connectivity index (χ3n) is 5.62. The molecule has 0 bridgehead atoms. The van der Waals surface area contributed by atoms with Crippen molar-refractivity contribution in [2.75, 3.05) is 23.3 Å². The van der Waals surface area contributed by atoms with Gasteiger partial charge in [0.15, 0.2) is 5.82 Å². The molecule has 0 spiro atoms. The van der Waals surface area contributed by atoms with Crippen LogP contribution < -0.4 is 10.2 Å². The first-order valence-electron chi connectivity index (χ1n) is 10.6. The molecule has 0 unspecified atom stereocenters. The lowest BCUT2D eigenvalue weighted by molar-refractivity contribution is 0.102. The summed E-state index contributed by atoms with van der Waals surface area (Å²) in [7, 11) is 0. The third-order valence-corrected chi connectivity index (χ3v) is 5.62. The van der Waals surface area contributed by atoms with Crippen LogP contribution in [0.1, 0.15) is 54.9 Å². The zero-order valence-electron chi connectivity index (χ0n) is 17.7. The predicted molar refractivity (Wildman–Crippen MR) is 119 cm³/mol. The first-order valence-corrected chi connectivity index (χ1v) is 10.6. The first-order chi connectivity index (χ1) is 14.9. The highest BCUT2D eigenvalue weighted by molar-refractivity contribution is 6.04. The summed E-state index contributed by atoms with van der Waals surface area (Å²) < 4.78 is 1.35. The summed E-state index contributed by atoms with van der Waals surface area (Å²) in [5.74, 6) is -0.0826. The Bertz CT molecular complexity index is 1070. The average molecular weight is 422 g/mol. The Balaban J connectivity index is 1.55. The van der Waals surface area contributed by atoms with Crippen molar-refractivity contribution in [1.29, 1.82) is 0 Å². The summed E-state index contributed by atoms with van der Waals surface area (Å²) in [5, 5.41) is 31.1. The number of phenolic OH excluding ortho intramolecular Hbond substituents is 2. The number of hydrogen-bond acceptors (Lipinski definition) is 6. The molecule has 3 aromatic rings. The van der Waals surface area contributed by atoms with Crippen molar-refractivity contribution in [2.24, 2.45) is 0 Å². The predicted octanol–water partition coefficient (Wildman–Crippen LogP) is 4.04. The van der Waals surface area contributed by atoms with E-state index in [9.17, 15) is 15.0 Å². The van der Waals surface area contributed by atoms with Gasteiger partial charge in [-0.2, -0.15) is 4.68 Å². The van der Waals surface area contributed by atoms with Gasteiger partial charge >= 0.3 is 0 Å². The average Bonchev–Trinajstić information content (AvgIpc) is 3.22. The van der Waals surface area contributed by atoms with E-state index in [2.05, 4.69) is 20.5 Å². The van der Waals surface area contributed by atoms with E-state index in [0.29, 0.717) is 22.6 Å². The van der Waals surface area contributed by atoms with Crippen molar-refractivity contribution < 1.29 is 15.0 Å². The molecular weight excluding hydrogens is 394 g/mol. The van der Waals surface area contributed by atoms with Crippen molar-refractivity contribution in [3.8, 4) is 17.2 Å². The SMILES string of the molecule is CC(C)c1cc(-n2nncc2NC(=O)c2ccc(N3CCCCC3)cc2)c(O)cc1O. The van der Waals surface area contributed by atoms with E-state index < -0.39 is 0 Å². The van der Waals surface area contributed by atoms with Crippen LogP contribution in [-0.4, -0.2) is 44.2 Å². The van der Waals surface area contributed by atoms with Gasteiger partial charge in [0.1, 0.15) is 17.2 Å². The summed E-state index contributed by atoms with van der Waals surface area (Å²) in [4.78, 5) is 15.1. The Morgan fingerprint density at radius 2 is 1.74 bits per heavy atom. The summed E-state index contributed by atoms with van der Waals surface area (Å²) >= 11 is 0. The van der Waals surface area contributed by atoms with E-state index in [1.165, 1.54) is 36.2 Å². The third kappa shape index (κ3) is 4.33. The minimum atomic E-state index is -0.295. The van der Waals surface area contributed by atoms with E-state index in [4.69, 9.17) is 0 Å². The van der Waals surface area contributed by atoms with Crippen molar-refractivity contribution >= 4 is 17.4 Å². The molecule has 3 N–H and O–H groups in total. The second kappa shape index (κ2) is 8.67. The lowest BCUT2D eigenvalue weighted by Crippen LogP contribution is -2.29. The lowest BCUT2D eigenvalue weighted by Gasteiger charge is -2.28. The minimum absolute atomic E-state index is 0.00995. The fourth-order valence-corrected chi connectivity index (χ4v) is 3.88. The van der Waals surface area contributed by atoms with Crippen molar-refractivity contribution in [3.05, 3.63) is 53.7 Å². The number of rotatable bonds is 5. The Hall–Kier alpha value is -3.55. The Labute approximate surface area is 181 Å². The molecule has 4 rings (SSSR count). The van der Waals surface area contributed by atoms with Crippen LogP contribution in [-0.2, 0) is 0 Å². The number of carbonyl (C=O) groups excluding carboxylic acids is 1. The van der Waals surface area contributed by atoms with Crippen LogP contribution in [0.15, 0.2) is 42.6 Å². The van der Waals surface area contributed by atoms with E-state index in [-0.39, 0.29) is 23.3 Å². The molecule has 0 radical (unpaired) electrons. The topological polar surface area (TPSA) is 104 Å². The monoisotopic (exact) mass is 421 g/mol. The van der Waals surface area contributed by atoms with Crippen LogP contribution in [0.5, 0.6) is 11.5 Å². The first kappa shape index (κ1) is 20.7. The molecule has 162 valence electrons. The number of piperidine rings is 1. The molecule has 31 heavy (non-hydrogen) atoms. The molecule has 0 saturated carbocycles. The molecule has 1 aliphatic heterocycles. The van der Waals surface area contributed by atoms with Gasteiger partial charge < -0.3 is 20.4 Å². The summed E-state index contributed by atoms with van der Waals surface area (Å²) in [6, 6.07) is 10.5. The molecule has 1 aliphatic rings. The van der Waals surface area contributed by atoms with Gasteiger partial charge in [-0.15, -0.1) is 5.10 Å². The number of anilines is 2. The number of phenols is 2. The number of hydrogen-bond donors (Lipinski definition) is 3. The number of aromatic nitrogens is 3. The second-order valence-corrected chi connectivity index (χ2v) is 8.13. The molecule has 2 heterocycles. The van der Waals surface area contributed by atoms with Gasteiger partial charge in [0.05, 0.1) is 6.20 Å². The molecule has 0 aliphatic carbocycles. The molecule has 8 heteroatoms. The lowest BCUT2D eigenvalue weighted by atomic mass is 10.0. The normalized spacial score (nSPS) is 14.1. The zero-order chi connectivity index (χ0) is 22.0. The fraction of sp³-hybridized carbons (Fsp3) is 0.348. The smallest absolute Gasteiger partial charge is 0.256 e. The van der Waals surface area contributed by atoms with Crippen LogP contribution in [0.3, 0.4) is 0 Å². The maximum Gasteiger partial charge on any atom is 0.256 e. The minimum Gasteiger partial charge on any atom is -0.508 e. The number of benzene rings is 2. The van der Waals surface area contributed by atoms with Gasteiger partial charge in [-0.05, 0) is 61.1 Å². The maximum atomic E-state index is 12.8. The van der Waals surface area contributed by atoms with E-state index in [1.54, 1.807) is 6.07 Å². The Kier molecular flexibility index (Phi) is 5.79. The van der Waals surface area contributed by atoms with Gasteiger partial charge in [0.2, 0.25) is 0 Å². The highest BCUT2D eigenvalue weighted by atomic mass is 16.3.